The van der Waals surface area contributed by atoms with Gasteiger partial charge in [-0.05, 0) is 36.4 Å². The summed E-state index contributed by atoms with van der Waals surface area (Å²) in [4.78, 5) is 5.07. The molecular formula is C27H19FN2. The minimum Gasteiger partial charge on any atom is -0.292 e. The van der Waals surface area contributed by atoms with Gasteiger partial charge in [-0.1, -0.05) is 78.9 Å². The Kier molecular flexibility index (Phi) is 4.70. The second-order valence-electron chi connectivity index (χ2n) is 7.04. The van der Waals surface area contributed by atoms with E-state index in [1.54, 1.807) is 12.1 Å². The summed E-state index contributed by atoms with van der Waals surface area (Å²) in [5.74, 6) is 0.516. The Morgan fingerprint density at radius 1 is 0.533 bits per heavy atom. The van der Waals surface area contributed by atoms with Gasteiger partial charge < -0.3 is 0 Å². The van der Waals surface area contributed by atoms with Crippen LogP contribution in [0.1, 0.15) is 0 Å². The van der Waals surface area contributed by atoms with Crippen LogP contribution >= 0.6 is 0 Å². The van der Waals surface area contributed by atoms with E-state index in [0.29, 0.717) is 0 Å². The molecule has 0 saturated carbocycles. The average molecular weight is 390 g/mol. The predicted molar refractivity (Wildman–Crippen MR) is 120 cm³/mol. The van der Waals surface area contributed by atoms with E-state index < -0.39 is 0 Å². The van der Waals surface area contributed by atoms with Crippen LogP contribution in [-0.4, -0.2) is 9.55 Å². The van der Waals surface area contributed by atoms with E-state index >= 15 is 0 Å². The van der Waals surface area contributed by atoms with Crippen LogP contribution in [0.25, 0.3) is 39.6 Å². The van der Waals surface area contributed by atoms with E-state index in [1.165, 1.54) is 12.1 Å². The molecule has 0 radical (unpaired) electrons. The van der Waals surface area contributed by atoms with Gasteiger partial charge in [0.05, 0.1) is 11.4 Å². The number of imidazole rings is 1. The highest BCUT2D eigenvalue weighted by atomic mass is 19.1. The van der Waals surface area contributed by atoms with Gasteiger partial charge in [-0.2, -0.15) is 0 Å². The Hall–Kier alpha value is -3.98. The molecule has 144 valence electrons. The lowest BCUT2D eigenvalue weighted by Crippen LogP contribution is -2.00. The van der Waals surface area contributed by atoms with Crippen molar-refractivity contribution >= 4 is 0 Å². The summed E-state index contributed by atoms with van der Waals surface area (Å²) >= 11 is 0. The van der Waals surface area contributed by atoms with E-state index in [-0.39, 0.29) is 5.82 Å². The third-order valence-corrected chi connectivity index (χ3v) is 5.09. The van der Waals surface area contributed by atoms with Gasteiger partial charge in [-0.25, -0.2) is 9.37 Å². The topological polar surface area (TPSA) is 17.8 Å². The van der Waals surface area contributed by atoms with E-state index in [2.05, 4.69) is 41.0 Å². The molecule has 1 aromatic heterocycles. The second-order valence-corrected chi connectivity index (χ2v) is 7.04. The molecule has 0 saturated heterocycles. The van der Waals surface area contributed by atoms with Crippen LogP contribution in [0.15, 0.2) is 115 Å². The smallest absolute Gasteiger partial charge is 0.145 e. The zero-order valence-corrected chi connectivity index (χ0v) is 16.2. The summed E-state index contributed by atoms with van der Waals surface area (Å²) in [6, 6.07) is 37.1. The molecule has 5 rings (SSSR count). The Morgan fingerprint density at radius 3 is 1.67 bits per heavy atom. The van der Waals surface area contributed by atoms with Gasteiger partial charge in [0.15, 0.2) is 0 Å². The fourth-order valence-electron chi connectivity index (χ4n) is 3.70. The number of rotatable bonds is 4. The van der Waals surface area contributed by atoms with Crippen molar-refractivity contribution < 1.29 is 4.39 Å². The number of hydrogen-bond acceptors (Lipinski definition) is 1. The van der Waals surface area contributed by atoms with Crippen LogP contribution in [0.4, 0.5) is 4.39 Å². The molecule has 2 nitrogen and oxygen atoms in total. The highest BCUT2D eigenvalue weighted by Gasteiger charge is 2.22. The summed E-state index contributed by atoms with van der Waals surface area (Å²) in [5.41, 5.74) is 5.87. The predicted octanol–water partition coefficient (Wildman–Crippen LogP) is 7.01. The standard InChI is InChI=1S/C27H19FN2/c28-23-18-16-22(17-19-23)27-29-25(20-10-4-1-5-11-20)26(21-12-6-2-7-13-21)30(27)24-14-8-3-9-15-24/h1-19H. The van der Waals surface area contributed by atoms with Crippen molar-refractivity contribution in [1.82, 2.24) is 9.55 Å². The maximum absolute atomic E-state index is 13.6. The lowest BCUT2D eigenvalue weighted by atomic mass is 10.0. The summed E-state index contributed by atoms with van der Waals surface area (Å²) in [6.45, 7) is 0. The summed E-state index contributed by atoms with van der Waals surface area (Å²) in [7, 11) is 0. The van der Waals surface area contributed by atoms with Crippen molar-refractivity contribution in [3.05, 3.63) is 121 Å². The number of halogens is 1. The van der Waals surface area contributed by atoms with E-state index in [9.17, 15) is 4.39 Å². The number of hydrogen-bond donors (Lipinski definition) is 0. The lowest BCUT2D eigenvalue weighted by molar-refractivity contribution is 0.628. The minimum atomic E-state index is -0.261. The first-order valence-electron chi connectivity index (χ1n) is 9.86. The molecule has 30 heavy (non-hydrogen) atoms. The first-order valence-corrected chi connectivity index (χ1v) is 9.86. The molecule has 0 aliphatic heterocycles. The van der Waals surface area contributed by atoms with Gasteiger partial charge in [-0.15, -0.1) is 0 Å². The minimum absolute atomic E-state index is 0.261. The van der Waals surface area contributed by atoms with Crippen LogP contribution in [0.3, 0.4) is 0 Å². The fourth-order valence-corrected chi connectivity index (χ4v) is 3.70. The first kappa shape index (κ1) is 18.1. The second kappa shape index (κ2) is 7.80. The van der Waals surface area contributed by atoms with Gasteiger partial charge >= 0.3 is 0 Å². The third kappa shape index (κ3) is 3.31. The molecule has 0 aliphatic carbocycles. The van der Waals surface area contributed by atoms with Crippen molar-refractivity contribution in [2.24, 2.45) is 0 Å². The first-order chi connectivity index (χ1) is 14.8. The molecule has 0 atom stereocenters. The molecule has 0 amide bonds. The molecule has 0 N–H and O–H groups in total. The Morgan fingerprint density at radius 2 is 1.07 bits per heavy atom. The summed E-state index contributed by atoms with van der Waals surface area (Å²) in [6.07, 6.45) is 0. The number of nitrogens with zero attached hydrogens (tertiary/aromatic N) is 2. The van der Waals surface area contributed by atoms with E-state index in [4.69, 9.17) is 4.98 Å². The molecule has 0 unspecified atom stereocenters. The van der Waals surface area contributed by atoms with Crippen LogP contribution in [0, 0.1) is 5.82 Å². The van der Waals surface area contributed by atoms with Gasteiger partial charge in [0.2, 0.25) is 0 Å². The third-order valence-electron chi connectivity index (χ3n) is 5.09. The monoisotopic (exact) mass is 390 g/mol. The Bertz CT molecular complexity index is 1260. The zero-order chi connectivity index (χ0) is 20.3. The van der Waals surface area contributed by atoms with Gasteiger partial charge in [-0.3, -0.25) is 4.57 Å². The maximum atomic E-state index is 13.6. The highest BCUT2D eigenvalue weighted by Crippen LogP contribution is 2.38. The van der Waals surface area contributed by atoms with Crippen molar-refractivity contribution in [3.63, 3.8) is 0 Å². The number of benzene rings is 4. The van der Waals surface area contributed by atoms with Gasteiger partial charge in [0.1, 0.15) is 11.6 Å². The Labute approximate surface area is 174 Å². The largest absolute Gasteiger partial charge is 0.292 e. The van der Waals surface area contributed by atoms with Crippen LogP contribution in [0.2, 0.25) is 0 Å². The average Bonchev–Trinajstić information content (AvgIpc) is 3.22. The fraction of sp³-hybridized carbons (Fsp3) is 0. The molecule has 4 aromatic carbocycles. The van der Waals surface area contributed by atoms with Gasteiger partial charge in [0.25, 0.3) is 0 Å². The molecule has 0 aliphatic rings. The lowest BCUT2D eigenvalue weighted by Gasteiger charge is -2.13. The highest BCUT2D eigenvalue weighted by molar-refractivity contribution is 5.84. The van der Waals surface area contributed by atoms with Crippen LogP contribution in [-0.2, 0) is 0 Å². The van der Waals surface area contributed by atoms with E-state index in [0.717, 1.165) is 39.6 Å². The summed E-state index contributed by atoms with van der Waals surface area (Å²) in [5, 5.41) is 0. The number of para-hydroxylation sites is 1. The molecule has 0 spiro atoms. The molecule has 1 heterocycles. The summed E-state index contributed by atoms with van der Waals surface area (Å²) < 4.78 is 15.8. The van der Waals surface area contributed by atoms with Crippen molar-refractivity contribution in [3.8, 4) is 39.6 Å². The molecule has 5 aromatic rings. The molecule has 0 fully saturated rings. The van der Waals surface area contributed by atoms with Gasteiger partial charge in [0, 0.05) is 22.4 Å². The molecule has 0 bridgehead atoms. The van der Waals surface area contributed by atoms with E-state index in [1.807, 2.05) is 54.6 Å². The number of aromatic nitrogens is 2. The maximum Gasteiger partial charge on any atom is 0.145 e. The van der Waals surface area contributed by atoms with Crippen LogP contribution in [0.5, 0.6) is 0 Å². The van der Waals surface area contributed by atoms with Crippen molar-refractivity contribution in [1.29, 1.82) is 0 Å². The molecule has 3 heteroatoms. The van der Waals surface area contributed by atoms with Crippen molar-refractivity contribution in [2.75, 3.05) is 0 Å². The van der Waals surface area contributed by atoms with Crippen LogP contribution < -0.4 is 0 Å². The van der Waals surface area contributed by atoms with Crippen molar-refractivity contribution in [2.45, 2.75) is 0 Å². The normalized spacial score (nSPS) is 10.8. The zero-order valence-electron chi connectivity index (χ0n) is 16.2. The SMILES string of the molecule is Fc1ccc(-c2nc(-c3ccccc3)c(-c3ccccc3)n2-c2ccccc2)cc1. The Balaban J connectivity index is 1.88. The quantitative estimate of drug-likeness (QED) is 0.323. The molecular weight excluding hydrogens is 371 g/mol.